The molecule has 0 fully saturated rings. The average Bonchev–Trinajstić information content (AvgIpc) is 3.52. The van der Waals surface area contributed by atoms with Crippen molar-refractivity contribution in [2.45, 2.75) is 52.5 Å². The van der Waals surface area contributed by atoms with Crippen molar-refractivity contribution >= 4 is 45.8 Å². The molecule has 0 saturated heterocycles. The first kappa shape index (κ1) is 23.2. The van der Waals surface area contributed by atoms with E-state index in [0.29, 0.717) is 16.4 Å². The molecule has 2 N–H and O–H groups in total. The van der Waals surface area contributed by atoms with Crippen LogP contribution in [0.3, 0.4) is 0 Å². The van der Waals surface area contributed by atoms with Crippen molar-refractivity contribution in [1.82, 2.24) is 9.78 Å². The molecular formula is C27H27ClN4O3. The van der Waals surface area contributed by atoms with Crippen LogP contribution in [-0.4, -0.2) is 21.6 Å². The molecule has 4 aromatic rings. The summed E-state index contributed by atoms with van der Waals surface area (Å²) in [7, 11) is 0. The van der Waals surface area contributed by atoms with Gasteiger partial charge in [-0.2, -0.15) is 5.10 Å². The molecule has 1 aliphatic carbocycles. The summed E-state index contributed by atoms with van der Waals surface area (Å²) in [5, 5.41) is 11.4. The van der Waals surface area contributed by atoms with Gasteiger partial charge in [0.05, 0.1) is 29.1 Å². The largest absolute Gasteiger partial charge is 0.464 e. The number of anilines is 2. The number of nitrogens with one attached hydrogen (secondary N) is 2. The first-order valence-electron chi connectivity index (χ1n) is 11.7. The third kappa shape index (κ3) is 4.68. The van der Waals surface area contributed by atoms with Crippen LogP contribution in [0.5, 0.6) is 0 Å². The lowest BCUT2D eigenvalue weighted by atomic mass is 10.0. The van der Waals surface area contributed by atoms with E-state index in [2.05, 4.69) is 27.9 Å². The van der Waals surface area contributed by atoms with E-state index >= 15 is 0 Å². The Bertz CT molecular complexity index is 1450. The second-order valence-corrected chi connectivity index (χ2v) is 9.60. The van der Waals surface area contributed by atoms with Gasteiger partial charge in [0.2, 0.25) is 11.8 Å². The van der Waals surface area contributed by atoms with E-state index in [9.17, 15) is 9.59 Å². The second-order valence-electron chi connectivity index (χ2n) is 9.19. The zero-order valence-corrected chi connectivity index (χ0v) is 20.7. The lowest BCUT2D eigenvalue weighted by Crippen LogP contribution is -2.25. The summed E-state index contributed by atoms with van der Waals surface area (Å²) in [6.45, 7) is 5.58. The summed E-state index contributed by atoms with van der Waals surface area (Å²) in [4.78, 5) is 25.5. The van der Waals surface area contributed by atoms with Crippen LogP contribution in [0.1, 0.15) is 47.5 Å². The first-order valence-corrected chi connectivity index (χ1v) is 12.1. The van der Waals surface area contributed by atoms with Crippen molar-refractivity contribution in [2.24, 2.45) is 0 Å². The van der Waals surface area contributed by atoms with Gasteiger partial charge in [-0.1, -0.05) is 11.6 Å². The number of nitrogens with zero attached hydrogens (tertiary/aromatic N) is 2. The van der Waals surface area contributed by atoms with Gasteiger partial charge in [-0.05, 0) is 87.6 Å². The third-order valence-electron chi connectivity index (χ3n) is 6.52. The van der Waals surface area contributed by atoms with Crippen LogP contribution >= 0.6 is 11.6 Å². The predicted octanol–water partition coefficient (Wildman–Crippen LogP) is 5.77. The van der Waals surface area contributed by atoms with Crippen molar-refractivity contribution in [1.29, 1.82) is 0 Å². The van der Waals surface area contributed by atoms with Gasteiger partial charge in [0.1, 0.15) is 11.6 Å². The fourth-order valence-corrected chi connectivity index (χ4v) is 4.97. The van der Waals surface area contributed by atoms with Crippen molar-refractivity contribution < 1.29 is 14.0 Å². The molecule has 1 unspecified atom stereocenters. The molecule has 0 aliphatic heterocycles. The standard InChI is InChI=1S/C27H27ClN4O3/c1-15-9-16(2)32(31-15)17(3)27(34)30-24-8-7-21(13-23(24)28)29-26(33)12-20-14-35-25-11-19-6-4-5-18(19)10-22(20)25/h7-11,13-14,17H,4-6,12H2,1-3H3,(H,29,33)(H,30,34). The molecule has 7 nitrogen and oxygen atoms in total. The Kier molecular flexibility index (Phi) is 6.11. The van der Waals surface area contributed by atoms with E-state index in [1.54, 1.807) is 36.1 Å². The molecule has 2 aromatic heterocycles. The van der Waals surface area contributed by atoms with Crippen LogP contribution in [0.4, 0.5) is 11.4 Å². The zero-order chi connectivity index (χ0) is 24.7. The molecule has 0 spiro atoms. The Hall–Kier alpha value is -3.58. The Balaban J connectivity index is 1.24. The Morgan fingerprint density at radius 1 is 1.11 bits per heavy atom. The average molecular weight is 491 g/mol. The molecule has 8 heteroatoms. The minimum absolute atomic E-state index is 0.167. The molecule has 1 atom stereocenters. The van der Waals surface area contributed by atoms with Gasteiger partial charge >= 0.3 is 0 Å². The number of aromatic nitrogens is 2. The number of rotatable bonds is 6. The van der Waals surface area contributed by atoms with Crippen molar-refractivity contribution in [2.75, 3.05) is 10.6 Å². The summed E-state index contributed by atoms with van der Waals surface area (Å²) in [5.41, 5.74) is 7.16. The highest BCUT2D eigenvalue weighted by Crippen LogP contribution is 2.31. The smallest absolute Gasteiger partial charge is 0.248 e. The molecule has 35 heavy (non-hydrogen) atoms. The summed E-state index contributed by atoms with van der Waals surface area (Å²) in [6.07, 6.45) is 5.18. The molecule has 0 radical (unpaired) electrons. The first-order chi connectivity index (χ1) is 16.8. The molecule has 180 valence electrons. The Morgan fingerprint density at radius 3 is 2.60 bits per heavy atom. The molecule has 0 saturated carbocycles. The third-order valence-corrected chi connectivity index (χ3v) is 6.83. The number of fused-ring (bicyclic) bond motifs is 2. The van der Waals surface area contributed by atoms with E-state index in [1.165, 1.54) is 11.1 Å². The number of benzene rings is 2. The number of carbonyl (C=O) groups is 2. The summed E-state index contributed by atoms with van der Waals surface area (Å²) < 4.78 is 7.39. The number of amides is 2. The highest BCUT2D eigenvalue weighted by Gasteiger charge is 2.20. The molecule has 2 amide bonds. The number of halogens is 1. The normalized spacial score (nSPS) is 13.6. The summed E-state index contributed by atoms with van der Waals surface area (Å²) >= 11 is 6.41. The fraction of sp³-hybridized carbons (Fsp3) is 0.296. The molecule has 1 aliphatic rings. The Morgan fingerprint density at radius 2 is 1.89 bits per heavy atom. The van der Waals surface area contributed by atoms with Gasteiger partial charge in [0.25, 0.3) is 0 Å². The van der Waals surface area contributed by atoms with Crippen molar-refractivity contribution in [3.63, 3.8) is 0 Å². The number of furan rings is 1. The number of hydrogen-bond acceptors (Lipinski definition) is 4. The molecule has 5 rings (SSSR count). The number of aryl methyl sites for hydroxylation is 4. The van der Waals surface area contributed by atoms with Gasteiger partial charge in [0, 0.05) is 22.3 Å². The number of carbonyl (C=O) groups excluding carboxylic acids is 2. The van der Waals surface area contributed by atoms with Gasteiger partial charge in [-0.3, -0.25) is 14.3 Å². The zero-order valence-electron chi connectivity index (χ0n) is 19.9. The monoisotopic (exact) mass is 490 g/mol. The fourth-order valence-electron chi connectivity index (χ4n) is 4.74. The lowest BCUT2D eigenvalue weighted by Gasteiger charge is -2.16. The molecule has 2 heterocycles. The highest BCUT2D eigenvalue weighted by atomic mass is 35.5. The topological polar surface area (TPSA) is 89.2 Å². The maximum atomic E-state index is 12.7. The summed E-state index contributed by atoms with van der Waals surface area (Å²) in [6, 6.07) is 10.7. The van der Waals surface area contributed by atoms with Crippen LogP contribution in [-0.2, 0) is 28.9 Å². The van der Waals surface area contributed by atoms with E-state index in [-0.39, 0.29) is 18.2 Å². The maximum Gasteiger partial charge on any atom is 0.248 e. The van der Waals surface area contributed by atoms with E-state index in [1.807, 2.05) is 19.9 Å². The van der Waals surface area contributed by atoms with Gasteiger partial charge in [-0.25, -0.2) is 0 Å². The maximum absolute atomic E-state index is 12.7. The van der Waals surface area contributed by atoms with Gasteiger partial charge in [0.15, 0.2) is 0 Å². The molecule has 2 aromatic carbocycles. The van der Waals surface area contributed by atoms with E-state index < -0.39 is 6.04 Å². The van der Waals surface area contributed by atoms with Crippen LogP contribution in [0, 0.1) is 13.8 Å². The van der Waals surface area contributed by atoms with Crippen LogP contribution in [0.15, 0.2) is 47.1 Å². The minimum atomic E-state index is -0.495. The minimum Gasteiger partial charge on any atom is -0.464 e. The number of hydrogen-bond donors (Lipinski definition) is 2. The van der Waals surface area contributed by atoms with Crippen LogP contribution in [0.25, 0.3) is 11.0 Å². The Labute approximate surface area is 208 Å². The van der Waals surface area contributed by atoms with Gasteiger partial charge in [-0.15, -0.1) is 0 Å². The highest BCUT2D eigenvalue weighted by molar-refractivity contribution is 6.34. The van der Waals surface area contributed by atoms with Gasteiger partial charge < -0.3 is 15.1 Å². The lowest BCUT2D eigenvalue weighted by molar-refractivity contribution is -0.119. The van der Waals surface area contributed by atoms with Crippen LogP contribution < -0.4 is 10.6 Å². The molecule has 0 bridgehead atoms. The summed E-state index contributed by atoms with van der Waals surface area (Å²) in [5.74, 6) is -0.396. The van der Waals surface area contributed by atoms with E-state index in [4.69, 9.17) is 16.0 Å². The molecular weight excluding hydrogens is 464 g/mol. The quantitative estimate of drug-likeness (QED) is 0.359. The van der Waals surface area contributed by atoms with Crippen LogP contribution in [0.2, 0.25) is 5.02 Å². The second kappa shape index (κ2) is 9.23. The SMILES string of the molecule is Cc1cc(C)n(C(C)C(=O)Nc2ccc(NC(=O)Cc3coc4cc5c(cc34)CCC5)cc2Cl)n1. The van der Waals surface area contributed by atoms with Crippen molar-refractivity contribution in [3.05, 3.63) is 75.8 Å². The predicted molar refractivity (Wildman–Crippen MR) is 137 cm³/mol. The van der Waals surface area contributed by atoms with E-state index in [0.717, 1.165) is 47.2 Å². The van der Waals surface area contributed by atoms with Crippen molar-refractivity contribution in [3.8, 4) is 0 Å².